The SMILES string of the molecule is Nc1ccc2[nH]cc(C(=O)NCCCc3ncn[nH]3)c2c1. The van der Waals surface area contributed by atoms with E-state index in [9.17, 15) is 4.79 Å². The van der Waals surface area contributed by atoms with Crippen LogP contribution in [0, 0.1) is 0 Å². The molecule has 0 fully saturated rings. The van der Waals surface area contributed by atoms with E-state index in [-0.39, 0.29) is 5.91 Å². The summed E-state index contributed by atoms with van der Waals surface area (Å²) in [4.78, 5) is 19.3. The van der Waals surface area contributed by atoms with Crippen LogP contribution in [0.2, 0.25) is 0 Å². The van der Waals surface area contributed by atoms with Gasteiger partial charge in [0.2, 0.25) is 0 Å². The molecule has 0 aliphatic rings. The van der Waals surface area contributed by atoms with Crippen molar-refractivity contribution in [2.75, 3.05) is 12.3 Å². The Hall–Kier alpha value is -2.83. The highest BCUT2D eigenvalue weighted by Crippen LogP contribution is 2.20. The van der Waals surface area contributed by atoms with E-state index in [0.717, 1.165) is 29.6 Å². The fraction of sp³-hybridized carbons (Fsp3) is 0.214. The Bertz CT molecular complexity index is 746. The molecule has 0 radical (unpaired) electrons. The number of benzene rings is 1. The number of hydrogen-bond acceptors (Lipinski definition) is 4. The fourth-order valence-electron chi connectivity index (χ4n) is 2.23. The second kappa shape index (κ2) is 5.66. The number of nitrogens with zero attached hydrogens (tertiary/aromatic N) is 2. The molecule has 0 unspecified atom stereocenters. The zero-order chi connectivity index (χ0) is 14.7. The van der Waals surface area contributed by atoms with E-state index >= 15 is 0 Å². The molecule has 0 bridgehead atoms. The summed E-state index contributed by atoms with van der Waals surface area (Å²) >= 11 is 0. The molecule has 3 rings (SSSR count). The summed E-state index contributed by atoms with van der Waals surface area (Å²) in [6, 6.07) is 5.47. The number of aromatic nitrogens is 4. The molecule has 0 aliphatic carbocycles. The van der Waals surface area contributed by atoms with Gasteiger partial charge in [0.25, 0.3) is 5.91 Å². The lowest BCUT2D eigenvalue weighted by Crippen LogP contribution is -2.24. The summed E-state index contributed by atoms with van der Waals surface area (Å²) < 4.78 is 0. The minimum absolute atomic E-state index is 0.107. The first kappa shape index (κ1) is 13.2. The van der Waals surface area contributed by atoms with Crippen LogP contribution in [-0.4, -0.2) is 32.6 Å². The average molecular weight is 284 g/mol. The molecule has 7 nitrogen and oxygen atoms in total. The first-order chi connectivity index (χ1) is 10.2. The molecule has 21 heavy (non-hydrogen) atoms. The second-order valence-corrected chi connectivity index (χ2v) is 4.80. The van der Waals surface area contributed by atoms with E-state index in [1.54, 1.807) is 18.3 Å². The van der Waals surface area contributed by atoms with Gasteiger partial charge >= 0.3 is 0 Å². The van der Waals surface area contributed by atoms with E-state index in [0.29, 0.717) is 17.8 Å². The van der Waals surface area contributed by atoms with Crippen LogP contribution in [0.25, 0.3) is 10.9 Å². The van der Waals surface area contributed by atoms with Crippen molar-refractivity contribution in [3.8, 4) is 0 Å². The first-order valence-electron chi connectivity index (χ1n) is 6.73. The predicted octanol–water partition coefficient (Wildman–Crippen LogP) is 1.23. The smallest absolute Gasteiger partial charge is 0.253 e. The number of carbonyl (C=O) groups is 1. The summed E-state index contributed by atoms with van der Waals surface area (Å²) in [6.45, 7) is 0.578. The van der Waals surface area contributed by atoms with Crippen LogP contribution in [0.1, 0.15) is 22.6 Å². The maximum absolute atomic E-state index is 12.2. The van der Waals surface area contributed by atoms with E-state index < -0.39 is 0 Å². The lowest BCUT2D eigenvalue weighted by Gasteiger charge is -2.03. The predicted molar refractivity (Wildman–Crippen MR) is 79.7 cm³/mol. The highest BCUT2D eigenvalue weighted by atomic mass is 16.1. The van der Waals surface area contributed by atoms with Gasteiger partial charge in [0.05, 0.1) is 5.56 Å². The molecular formula is C14H16N6O. The van der Waals surface area contributed by atoms with Crippen LogP contribution in [0.3, 0.4) is 0 Å². The summed E-state index contributed by atoms with van der Waals surface area (Å²) in [6.07, 6.45) is 4.73. The third-order valence-electron chi connectivity index (χ3n) is 3.29. The topological polar surface area (TPSA) is 112 Å². The van der Waals surface area contributed by atoms with Crippen molar-refractivity contribution in [2.45, 2.75) is 12.8 Å². The molecule has 0 saturated carbocycles. The molecule has 1 amide bonds. The Kier molecular flexibility index (Phi) is 3.55. The fourth-order valence-corrected chi connectivity index (χ4v) is 2.23. The Morgan fingerprint density at radius 2 is 2.29 bits per heavy atom. The van der Waals surface area contributed by atoms with Crippen molar-refractivity contribution in [1.29, 1.82) is 0 Å². The van der Waals surface area contributed by atoms with E-state index in [1.165, 1.54) is 6.33 Å². The molecular weight excluding hydrogens is 268 g/mol. The Labute approximate surface area is 121 Å². The van der Waals surface area contributed by atoms with Crippen molar-refractivity contribution in [3.63, 3.8) is 0 Å². The van der Waals surface area contributed by atoms with Crippen LogP contribution >= 0.6 is 0 Å². The molecule has 2 heterocycles. The Morgan fingerprint density at radius 3 is 3.10 bits per heavy atom. The van der Waals surface area contributed by atoms with Gasteiger partial charge in [-0.05, 0) is 24.6 Å². The van der Waals surface area contributed by atoms with E-state index in [4.69, 9.17) is 5.73 Å². The summed E-state index contributed by atoms with van der Waals surface area (Å²) in [5.41, 5.74) is 7.91. The largest absolute Gasteiger partial charge is 0.399 e. The van der Waals surface area contributed by atoms with Gasteiger partial charge in [0.1, 0.15) is 12.2 Å². The van der Waals surface area contributed by atoms with Gasteiger partial charge in [-0.2, -0.15) is 5.10 Å². The van der Waals surface area contributed by atoms with Crippen molar-refractivity contribution < 1.29 is 4.79 Å². The molecule has 7 heteroatoms. The van der Waals surface area contributed by atoms with E-state index in [1.807, 2.05) is 6.07 Å². The third-order valence-corrected chi connectivity index (χ3v) is 3.29. The van der Waals surface area contributed by atoms with Crippen LogP contribution in [0.15, 0.2) is 30.7 Å². The Morgan fingerprint density at radius 1 is 1.38 bits per heavy atom. The number of anilines is 1. The molecule has 1 aromatic carbocycles. The molecule has 3 aromatic rings. The van der Waals surface area contributed by atoms with Gasteiger partial charge in [0.15, 0.2) is 0 Å². The summed E-state index contributed by atoms with van der Waals surface area (Å²) in [7, 11) is 0. The summed E-state index contributed by atoms with van der Waals surface area (Å²) in [5.74, 6) is 0.716. The molecule has 0 aliphatic heterocycles. The van der Waals surface area contributed by atoms with Gasteiger partial charge in [-0.3, -0.25) is 9.89 Å². The zero-order valence-corrected chi connectivity index (χ0v) is 11.4. The van der Waals surface area contributed by atoms with Gasteiger partial charge in [-0.15, -0.1) is 0 Å². The molecule has 0 saturated heterocycles. The van der Waals surface area contributed by atoms with Crippen LogP contribution < -0.4 is 11.1 Å². The number of nitrogen functional groups attached to an aromatic ring is 1. The number of nitrogens with two attached hydrogens (primary N) is 1. The van der Waals surface area contributed by atoms with Crippen LogP contribution in [0.5, 0.6) is 0 Å². The van der Waals surface area contributed by atoms with Crippen LogP contribution in [0.4, 0.5) is 5.69 Å². The average Bonchev–Trinajstić information content (AvgIpc) is 3.12. The van der Waals surface area contributed by atoms with Gasteiger partial charge < -0.3 is 16.0 Å². The third kappa shape index (κ3) is 2.86. The van der Waals surface area contributed by atoms with E-state index in [2.05, 4.69) is 25.5 Å². The number of rotatable bonds is 5. The summed E-state index contributed by atoms with van der Waals surface area (Å²) in [5, 5.41) is 10.3. The number of amides is 1. The molecule has 108 valence electrons. The Balaban J connectivity index is 1.60. The van der Waals surface area contributed by atoms with Crippen molar-refractivity contribution >= 4 is 22.5 Å². The minimum Gasteiger partial charge on any atom is -0.399 e. The number of aromatic amines is 2. The van der Waals surface area contributed by atoms with Crippen molar-refractivity contribution in [2.24, 2.45) is 0 Å². The number of aryl methyl sites for hydroxylation is 1. The lowest BCUT2D eigenvalue weighted by atomic mass is 10.1. The molecule has 0 atom stereocenters. The molecule has 5 N–H and O–H groups in total. The van der Waals surface area contributed by atoms with Gasteiger partial charge in [-0.1, -0.05) is 0 Å². The molecule has 2 aromatic heterocycles. The highest BCUT2D eigenvalue weighted by Gasteiger charge is 2.11. The molecule has 0 spiro atoms. The van der Waals surface area contributed by atoms with Gasteiger partial charge in [-0.25, -0.2) is 4.98 Å². The standard InChI is InChI=1S/C14H16N6O/c15-9-3-4-12-10(6-9)11(7-17-12)14(21)16-5-1-2-13-18-8-19-20-13/h3-4,6-8,17H,1-2,5,15H2,(H,16,21)(H,18,19,20). The van der Waals surface area contributed by atoms with Crippen molar-refractivity contribution in [1.82, 2.24) is 25.5 Å². The number of fused-ring (bicyclic) bond motifs is 1. The first-order valence-corrected chi connectivity index (χ1v) is 6.73. The monoisotopic (exact) mass is 284 g/mol. The number of hydrogen-bond donors (Lipinski definition) is 4. The zero-order valence-electron chi connectivity index (χ0n) is 11.4. The number of carbonyl (C=O) groups excluding carboxylic acids is 1. The number of H-pyrrole nitrogens is 2. The maximum Gasteiger partial charge on any atom is 0.253 e. The second-order valence-electron chi connectivity index (χ2n) is 4.80. The normalized spacial score (nSPS) is 10.9. The minimum atomic E-state index is -0.107. The van der Waals surface area contributed by atoms with Gasteiger partial charge in [0, 0.05) is 35.8 Å². The highest BCUT2D eigenvalue weighted by molar-refractivity contribution is 6.07. The maximum atomic E-state index is 12.2. The van der Waals surface area contributed by atoms with Crippen LogP contribution in [-0.2, 0) is 6.42 Å². The number of nitrogens with one attached hydrogen (secondary N) is 3. The quantitative estimate of drug-likeness (QED) is 0.417. The lowest BCUT2D eigenvalue weighted by molar-refractivity contribution is 0.0955. The van der Waals surface area contributed by atoms with Crippen molar-refractivity contribution in [3.05, 3.63) is 42.1 Å².